The van der Waals surface area contributed by atoms with Crippen molar-refractivity contribution in [3.05, 3.63) is 209 Å². The minimum Gasteiger partial charge on any atom is -0.488 e. The van der Waals surface area contributed by atoms with Gasteiger partial charge < -0.3 is 14.4 Å². The highest BCUT2D eigenvalue weighted by molar-refractivity contribution is 7.89. The number of hydrogen-bond acceptors (Lipinski definition) is 7. The van der Waals surface area contributed by atoms with Gasteiger partial charge in [-0.1, -0.05) is 139 Å². The van der Waals surface area contributed by atoms with E-state index in [0.717, 1.165) is 48.8 Å². The van der Waals surface area contributed by atoms with E-state index in [1.165, 1.54) is 24.1 Å². The monoisotopic (exact) mass is 825 g/mol. The Balaban J connectivity index is 1.23. The number of anilines is 1. The topological polar surface area (TPSA) is 117 Å². The Morgan fingerprint density at radius 2 is 1.25 bits per heavy atom. The molecule has 9 nitrogen and oxygen atoms in total. The van der Waals surface area contributed by atoms with E-state index in [1.54, 1.807) is 36.4 Å². The van der Waals surface area contributed by atoms with E-state index in [4.69, 9.17) is 9.47 Å². The first-order valence-corrected chi connectivity index (χ1v) is 21.1. The summed E-state index contributed by atoms with van der Waals surface area (Å²) in [6.07, 6.45) is 0. The van der Waals surface area contributed by atoms with Crippen molar-refractivity contribution in [2.45, 2.75) is 31.6 Å². The molecule has 61 heavy (non-hydrogen) atoms. The molecular formula is C51H43N3O6S. The number of nitriles is 1. The molecule has 0 fully saturated rings. The van der Waals surface area contributed by atoms with Crippen LogP contribution < -0.4 is 9.64 Å². The maximum Gasteiger partial charge on any atom is 0.342 e. The molecule has 7 rings (SSSR count). The summed E-state index contributed by atoms with van der Waals surface area (Å²) in [6.45, 7) is 1.65. The number of amides is 1. The first-order chi connectivity index (χ1) is 29.6. The summed E-state index contributed by atoms with van der Waals surface area (Å²) in [5, 5.41) is 9.66. The molecule has 0 saturated heterocycles. The van der Waals surface area contributed by atoms with E-state index in [-0.39, 0.29) is 36.0 Å². The lowest BCUT2D eigenvalue weighted by Crippen LogP contribution is -2.41. The average molecular weight is 826 g/mol. The van der Waals surface area contributed by atoms with Crippen LogP contribution in [0.15, 0.2) is 181 Å². The van der Waals surface area contributed by atoms with Crippen LogP contribution in [0.3, 0.4) is 0 Å². The van der Waals surface area contributed by atoms with Gasteiger partial charge in [-0.05, 0) is 82.3 Å². The molecule has 0 unspecified atom stereocenters. The number of rotatable bonds is 15. The third-order valence-corrected chi connectivity index (χ3v) is 12.0. The molecule has 0 aliphatic heterocycles. The zero-order chi connectivity index (χ0) is 42.8. The van der Waals surface area contributed by atoms with E-state index in [1.807, 2.05) is 134 Å². The van der Waals surface area contributed by atoms with Crippen molar-refractivity contribution in [1.82, 2.24) is 4.31 Å². The highest BCUT2D eigenvalue weighted by atomic mass is 32.2. The Morgan fingerprint density at radius 1 is 0.639 bits per heavy atom. The number of ether oxygens (including phenoxy) is 2. The van der Waals surface area contributed by atoms with Gasteiger partial charge in [-0.3, -0.25) is 4.79 Å². The molecule has 7 aromatic carbocycles. The number of aryl methyl sites for hydroxylation is 1. The molecule has 0 aromatic heterocycles. The predicted molar refractivity (Wildman–Crippen MR) is 237 cm³/mol. The van der Waals surface area contributed by atoms with Crippen LogP contribution in [0.25, 0.3) is 22.3 Å². The van der Waals surface area contributed by atoms with Gasteiger partial charge in [0, 0.05) is 18.8 Å². The Bertz CT molecular complexity index is 2770. The van der Waals surface area contributed by atoms with Crippen molar-refractivity contribution < 1.29 is 27.5 Å². The summed E-state index contributed by atoms with van der Waals surface area (Å²) in [4.78, 5) is 29.6. The Labute approximate surface area is 356 Å². The number of benzene rings is 7. The fourth-order valence-electron chi connectivity index (χ4n) is 6.77. The van der Waals surface area contributed by atoms with Gasteiger partial charge in [-0.25, -0.2) is 13.2 Å². The van der Waals surface area contributed by atoms with Crippen molar-refractivity contribution in [2.24, 2.45) is 0 Å². The summed E-state index contributed by atoms with van der Waals surface area (Å²) in [6, 6.07) is 55.5. The second-order valence-electron chi connectivity index (χ2n) is 14.5. The fraction of sp³-hybridized carbons (Fsp3) is 0.118. The zero-order valence-electron chi connectivity index (χ0n) is 33.8. The molecule has 7 aromatic rings. The van der Waals surface area contributed by atoms with Gasteiger partial charge in [0.25, 0.3) is 0 Å². The smallest absolute Gasteiger partial charge is 0.342 e. The van der Waals surface area contributed by atoms with Crippen molar-refractivity contribution in [3.63, 3.8) is 0 Å². The molecule has 0 bridgehead atoms. The van der Waals surface area contributed by atoms with Crippen molar-refractivity contribution in [2.75, 3.05) is 18.5 Å². The Hall–Kier alpha value is -7.32. The lowest BCUT2D eigenvalue weighted by Gasteiger charge is -2.27. The molecule has 0 N–H and O–H groups in total. The maximum absolute atomic E-state index is 14.5. The second-order valence-corrected chi connectivity index (χ2v) is 16.6. The number of hydrogen-bond donors (Lipinski definition) is 0. The van der Waals surface area contributed by atoms with Gasteiger partial charge in [0.15, 0.2) is 0 Å². The van der Waals surface area contributed by atoms with E-state index in [9.17, 15) is 23.3 Å². The third-order valence-electron chi connectivity index (χ3n) is 10.2. The molecule has 0 aliphatic rings. The summed E-state index contributed by atoms with van der Waals surface area (Å²) < 4.78 is 40.3. The molecule has 304 valence electrons. The van der Waals surface area contributed by atoms with Crippen molar-refractivity contribution in [3.8, 4) is 34.1 Å². The number of nitrogens with zero attached hydrogens (tertiary/aromatic N) is 3. The lowest BCUT2D eigenvalue weighted by atomic mass is 9.92. The Kier molecular flexibility index (Phi) is 13.1. The molecule has 0 atom stereocenters. The summed E-state index contributed by atoms with van der Waals surface area (Å²) in [7, 11) is -2.65. The van der Waals surface area contributed by atoms with E-state index >= 15 is 0 Å². The van der Waals surface area contributed by atoms with Gasteiger partial charge in [0.1, 0.15) is 24.5 Å². The van der Waals surface area contributed by atoms with Crippen LogP contribution in [-0.4, -0.2) is 38.2 Å². The minimum absolute atomic E-state index is 0.0528. The van der Waals surface area contributed by atoms with Crippen LogP contribution in [-0.2, 0) is 39.3 Å². The van der Waals surface area contributed by atoms with Gasteiger partial charge >= 0.3 is 5.97 Å². The maximum atomic E-state index is 14.5. The summed E-state index contributed by atoms with van der Waals surface area (Å²) in [5.74, 6) is -0.912. The molecule has 0 saturated carbocycles. The normalized spacial score (nSPS) is 11.1. The SMILES string of the molecule is Cc1ccc(S(=O)(=O)N(C)CC(=O)N(Cc2ccc(-c3ccc(C#N)cc3-c3ccccc3)cc2)c2ccc(C(=O)OCc3ccccc3)c(OCc3ccccc3)c2)cc1. The van der Waals surface area contributed by atoms with E-state index < -0.39 is 28.4 Å². The standard InChI is InChI=1S/C51H43N3O6S/c1-37-18-26-45(27-19-37)61(57,58)53(2)34-50(55)54(33-38-20-23-43(24-21-38)46-28-22-41(32-52)30-48(46)42-16-10-5-11-17-42)44-25-29-47(51(56)60-36-40-14-8-4-9-15-40)49(31-44)59-35-39-12-6-3-7-13-39/h3-31H,33-36H2,1-2H3. The number of carbonyl (C=O) groups excluding carboxylic acids is 2. The summed E-state index contributed by atoms with van der Waals surface area (Å²) in [5.41, 5.74) is 8.17. The number of likely N-dealkylation sites (N-methyl/N-ethyl adjacent to an activating group) is 1. The van der Waals surface area contributed by atoms with Crippen LogP contribution in [0.4, 0.5) is 5.69 Å². The highest BCUT2D eigenvalue weighted by Gasteiger charge is 2.27. The number of sulfonamides is 1. The van der Waals surface area contributed by atoms with Crippen LogP contribution in [0, 0.1) is 18.3 Å². The first kappa shape index (κ1) is 41.8. The molecule has 10 heteroatoms. The average Bonchev–Trinajstić information content (AvgIpc) is 3.30. The van der Waals surface area contributed by atoms with Gasteiger partial charge in [0.2, 0.25) is 15.9 Å². The predicted octanol–water partition coefficient (Wildman–Crippen LogP) is 9.99. The van der Waals surface area contributed by atoms with Crippen molar-refractivity contribution in [1.29, 1.82) is 5.26 Å². The largest absolute Gasteiger partial charge is 0.488 e. The first-order valence-electron chi connectivity index (χ1n) is 19.6. The van der Waals surface area contributed by atoms with Crippen LogP contribution in [0.1, 0.15) is 38.2 Å². The quantitative estimate of drug-likeness (QED) is 0.0945. The van der Waals surface area contributed by atoms with Crippen LogP contribution in [0.2, 0.25) is 0 Å². The zero-order valence-corrected chi connectivity index (χ0v) is 34.6. The van der Waals surface area contributed by atoms with E-state index in [0.29, 0.717) is 11.3 Å². The second kappa shape index (κ2) is 19.2. The van der Waals surface area contributed by atoms with E-state index in [2.05, 4.69) is 6.07 Å². The van der Waals surface area contributed by atoms with Crippen molar-refractivity contribution >= 4 is 27.6 Å². The molecule has 1 amide bonds. The highest BCUT2D eigenvalue weighted by Crippen LogP contribution is 2.34. The fourth-order valence-corrected chi connectivity index (χ4v) is 7.89. The molecule has 0 aliphatic carbocycles. The third kappa shape index (κ3) is 10.3. The van der Waals surface area contributed by atoms with Crippen LogP contribution >= 0.6 is 0 Å². The molecule has 0 spiro atoms. The molecular weight excluding hydrogens is 783 g/mol. The van der Waals surface area contributed by atoms with Gasteiger partial charge in [-0.15, -0.1) is 0 Å². The number of esters is 1. The number of carbonyl (C=O) groups is 2. The van der Waals surface area contributed by atoms with Crippen LogP contribution in [0.5, 0.6) is 5.75 Å². The minimum atomic E-state index is -4.02. The molecule has 0 heterocycles. The Morgan fingerprint density at radius 3 is 1.89 bits per heavy atom. The lowest BCUT2D eigenvalue weighted by molar-refractivity contribution is -0.118. The molecule has 0 radical (unpaired) electrons. The van der Waals surface area contributed by atoms with Gasteiger partial charge in [0.05, 0.1) is 29.6 Å². The summed E-state index contributed by atoms with van der Waals surface area (Å²) >= 11 is 0. The van der Waals surface area contributed by atoms with Gasteiger partial charge in [-0.2, -0.15) is 9.57 Å².